The molecule has 1 heterocycles. The summed E-state index contributed by atoms with van der Waals surface area (Å²) in [7, 11) is 0. The lowest BCUT2D eigenvalue weighted by molar-refractivity contribution is 0.0467. The Labute approximate surface area is 155 Å². The van der Waals surface area contributed by atoms with E-state index >= 15 is 0 Å². The molecule has 144 valence electrons. The van der Waals surface area contributed by atoms with Crippen LogP contribution in [0.3, 0.4) is 0 Å². The van der Waals surface area contributed by atoms with E-state index in [-0.39, 0.29) is 18.7 Å². The quantitative estimate of drug-likeness (QED) is 0.881. The molecule has 1 aromatic carbocycles. The molecule has 0 radical (unpaired) electrons. The molecule has 2 unspecified atom stereocenters. The molecular weight excluding hydrogens is 332 g/mol. The Bertz CT molecular complexity index is 598. The number of alkyl carbamates (subject to hydrolysis) is 1. The number of benzene rings is 1. The van der Waals surface area contributed by atoms with Gasteiger partial charge in [0.15, 0.2) is 0 Å². The van der Waals surface area contributed by atoms with E-state index in [1.54, 1.807) is 4.90 Å². The molecule has 0 bridgehead atoms. The molecule has 0 aliphatic carbocycles. The topological polar surface area (TPSA) is 67.9 Å². The smallest absolute Gasteiger partial charge is 0.410 e. The number of nitrogens with zero attached hydrogens (tertiary/aromatic N) is 1. The summed E-state index contributed by atoms with van der Waals surface area (Å²) >= 11 is 0. The van der Waals surface area contributed by atoms with Crippen LogP contribution in [0.4, 0.5) is 9.59 Å². The molecule has 6 nitrogen and oxygen atoms in total. The number of carbonyl (C=O) groups is 2. The van der Waals surface area contributed by atoms with Gasteiger partial charge >= 0.3 is 12.2 Å². The summed E-state index contributed by atoms with van der Waals surface area (Å²) in [5.74, 6) is 0.329. The van der Waals surface area contributed by atoms with E-state index in [9.17, 15) is 9.59 Å². The van der Waals surface area contributed by atoms with Crippen molar-refractivity contribution in [1.29, 1.82) is 0 Å². The Kier molecular flexibility index (Phi) is 6.89. The molecule has 1 N–H and O–H groups in total. The number of hydrogen-bond acceptors (Lipinski definition) is 4. The third kappa shape index (κ3) is 6.58. The van der Waals surface area contributed by atoms with Crippen LogP contribution in [0.2, 0.25) is 0 Å². The molecule has 2 rings (SSSR count). The van der Waals surface area contributed by atoms with Crippen molar-refractivity contribution >= 4 is 12.2 Å². The molecule has 0 aromatic heterocycles. The van der Waals surface area contributed by atoms with Crippen molar-refractivity contribution in [1.82, 2.24) is 10.2 Å². The second-order valence-electron chi connectivity index (χ2n) is 7.86. The van der Waals surface area contributed by atoms with Gasteiger partial charge in [-0.05, 0) is 52.0 Å². The molecule has 2 amide bonds. The second-order valence-corrected chi connectivity index (χ2v) is 7.86. The number of piperidine rings is 1. The maximum absolute atomic E-state index is 12.3. The van der Waals surface area contributed by atoms with Gasteiger partial charge in [-0.1, -0.05) is 30.3 Å². The first kappa shape index (κ1) is 20.1. The van der Waals surface area contributed by atoms with Crippen LogP contribution in [0.1, 0.15) is 46.1 Å². The van der Waals surface area contributed by atoms with Crippen LogP contribution < -0.4 is 5.32 Å². The van der Waals surface area contributed by atoms with E-state index < -0.39 is 11.7 Å². The van der Waals surface area contributed by atoms with Crippen molar-refractivity contribution < 1.29 is 19.1 Å². The number of likely N-dealkylation sites (tertiary alicyclic amines) is 1. The fourth-order valence-corrected chi connectivity index (χ4v) is 3.07. The van der Waals surface area contributed by atoms with Gasteiger partial charge in [-0.25, -0.2) is 9.59 Å². The first-order chi connectivity index (χ1) is 12.2. The second kappa shape index (κ2) is 8.92. The van der Waals surface area contributed by atoms with Crippen LogP contribution in [0, 0.1) is 5.92 Å². The van der Waals surface area contributed by atoms with Crippen molar-refractivity contribution in [3.8, 4) is 0 Å². The van der Waals surface area contributed by atoms with Crippen LogP contribution in [0.15, 0.2) is 30.3 Å². The molecule has 0 spiro atoms. The average molecular weight is 362 g/mol. The molecule has 2 atom stereocenters. The molecule has 1 fully saturated rings. The Morgan fingerprint density at radius 2 is 1.92 bits per heavy atom. The van der Waals surface area contributed by atoms with Crippen LogP contribution in [0.25, 0.3) is 0 Å². The molecule has 1 aliphatic heterocycles. The summed E-state index contributed by atoms with van der Waals surface area (Å²) in [4.78, 5) is 25.9. The first-order valence-electron chi connectivity index (χ1n) is 9.19. The highest BCUT2D eigenvalue weighted by atomic mass is 16.6. The third-order valence-corrected chi connectivity index (χ3v) is 4.36. The SMILES string of the molecule is CC1CC(CNC(=O)OC(C)(C)C)CCN1C(=O)OCc1ccccc1. The van der Waals surface area contributed by atoms with Crippen molar-refractivity contribution in [2.45, 2.75) is 58.8 Å². The number of rotatable bonds is 4. The normalized spacial score (nSPS) is 20.4. The van der Waals surface area contributed by atoms with E-state index in [1.807, 2.05) is 58.0 Å². The molecule has 1 aliphatic rings. The van der Waals surface area contributed by atoms with Crippen LogP contribution in [-0.4, -0.2) is 41.8 Å². The molecule has 6 heteroatoms. The monoisotopic (exact) mass is 362 g/mol. The van der Waals surface area contributed by atoms with Gasteiger partial charge in [-0.15, -0.1) is 0 Å². The fourth-order valence-electron chi connectivity index (χ4n) is 3.07. The molecule has 1 aromatic rings. The van der Waals surface area contributed by atoms with E-state index in [2.05, 4.69) is 5.32 Å². The predicted octanol–water partition coefficient (Wildman–Crippen LogP) is 3.95. The van der Waals surface area contributed by atoms with E-state index in [4.69, 9.17) is 9.47 Å². The van der Waals surface area contributed by atoms with Gasteiger partial charge in [0.05, 0.1) is 0 Å². The van der Waals surface area contributed by atoms with Crippen LogP contribution >= 0.6 is 0 Å². The van der Waals surface area contributed by atoms with Crippen molar-refractivity contribution in [2.24, 2.45) is 5.92 Å². The van der Waals surface area contributed by atoms with E-state index in [0.717, 1.165) is 18.4 Å². The highest BCUT2D eigenvalue weighted by Gasteiger charge is 2.30. The zero-order chi connectivity index (χ0) is 19.2. The minimum absolute atomic E-state index is 0.0810. The summed E-state index contributed by atoms with van der Waals surface area (Å²) in [5.41, 5.74) is 0.480. The van der Waals surface area contributed by atoms with Gasteiger partial charge in [-0.3, -0.25) is 0 Å². The first-order valence-corrected chi connectivity index (χ1v) is 9.19. The van der Waals surface area contributed by atoms with E-state index in [1.165, 1.54) is 0 Å². The summed E-state index contributed by atoms with van der Waals surface area (Å²) < 4.78 is 10.7. The number of carbonyl (C=O) groups excluding carboxylic acids is 2. The summed E-state index contributed by atoms with van der Waals surface area (Å²) in [6.07, 6.45) is 0.992. The predicted molar refractivity (Wildman–Crippen MR) is 99.8 cm³/mol. The molecule has 1 saturated heterocycles. The van der Waals surface area contributed by atoms with E-state index in [0.29, 0.717) is 19.0 Å². The third-order valence-electron chi connectivity index (χ3n) is 4.36. The van der Waals surface area contributed by atoms with Crippen LogP contribution in [0.5, 0.6) is 0 Å². The highest BCUT2D eigenvalue weighted by Crippen LogP contribution is 2.23. The number of ether oxygens (including phenoxy) is 2. The van der Waals surface area contributed by atoms with Crippen molar-refractivity contribution in [2.75, 3.05) is 13.1 Å². The fraction of sp³-hybridized carbons (Fsp3) is 0.600. The minimum atomic E-state index is -0.497. The Balaban J connectivity index is 1.73. The highest BCUT2D eigenvalue weighted by molar-refractivity contribution is 5.68. The molecular formula is C20H30N2O4. The van der Waals surface area contributed by atoms with Gasteiger partial charge in [0.2, 0.25) is 0 Å². The lowest BCUT2D eigenvalue weighted by atomic mass is 9.92. The maximum Gasteiger partial charge on any atom is 0.410 e. The van der Waals surface area contributed by atoms with Gasteiger partial charge in [0.25, 0.3) is 0 Å². The van der Waals surface area contributed by atoms with Gasteiger partial charge in [0.1, 0.15) is 12.2 Å². The lowest BCUT2D eigenvalue weighted by Crippen LogP contribution is -2.47. The van der Waals surface area contributed by atoms with Gasteiger partial charge in [0, 0.05) is 19.1 Å². The number of nitrogens with one attached hydrogen (secondary N) is 1. The number of amides is 2. The summed E-state index contributed by atoms with van der Waals surface area (Å²) in [6, 6.07) is 9.74. The minimum Gasteiger partial charge on any atom is -0.445 e. The standard InChI is InChI=1S/C20H30N2O4/c1-15-12-17(13-21-18(23)26-20(2,3)4)10-11-22(15)19(24)25-14-16-8-6-5-7-9-16/h5-9,15,17H,10-14H2,1-4H3,(H,21,23). The Hall–Kier alpha value is -2.24. The number of hydrogen-bond donors (Lipinski definition) is 1. The molecule has 26 heavy (non-hydrogen) atoms. The Morgan fingerprint density at radius 3 is 2.54 bits per heavy atom. The van der Waals surface area contributed by atoms with Crippen LogP contribution in [-0.2, 0) is 16.1 Å². The maximum atomic E-state index is 12.3. The van der Waals surface area contributed by atoms with Crippen molar-refractivity contribution in [3.05, 3.63) is 35.9 Å². The molecule has 0 saturated carbocycles. The zero-order valence-electron chi connectivity index (χ0n) is 16.2. The lowest BCUT2D eigenvalue weighted by Gasteiger charge is -2.37. The zero-order valence-corrected chi connectivity index (χ0v) is 16.2. The Morgan fingerprint density at radius 1 is 1.23 bits per heavy atom. The van der Waals surface area contributed by atoms with Gasteiger partial charge in [-0.2, -0.15) is 0 Å². The average Bonchev–Trinajstić information content (AvgIpc) is 2.57. The van der Waals surface area contributed by atoms with Crippen molar-refractivity contribution in [3.63, 3.8) is 0 Å². The largest absolute Gasteiger partial charge is 0.445 e. The van der Waals surface area contributed by atoms with Gasteiger partial charge < -0.3 is 19.7 Å². The summed E-state index contributed by atoms with van der Waals surface area (Å²) in [6.45, 7) is 9.02. The summed E-state index contributed by atoms with van der Waals surface area (Å²) in [5, 5.41) is 2.82.